The van der Waals surface area contributed by atoms with Crippen LogP contribution in [0.5, 0.6) is 0 Å². The summed E-state index contributed by atoms with van der Waals surface area (Å²) >= 11 is 3.66. The molecular formula is C15H20BrN3. The maximum absolute atomic E-state index is 8.77. The Bertz CT molecular complexity index is 477. The van der Waals surface area contributed by atoms with E-state index in [0.29, 0.717) is 18.5 Å². The third-order valence-electron chi connectivity index (χ3n) is 3.67. The van der Waals surface area contributed by atoms with Gasteiger partial charge in [0, 0.05) is 28.8 Å². The van der Waals surface area contributed by atoms with Crippen molar-refractivity contribution in [1.29, 1.82) is 5.26 Å². The maximum atomic E-state index is 8.77. The second-order valence-corrected chi connectivity index (χ2v) is 5.90. The summed E-state index contributed by atoms with van der Waals surface area (Å²) in [7, 11) is 1.97. The molecule has 0 saturated heterocycles. The molecule has 0 bridgehead atoms. The van der Waals surface area contributed by atoms with Gasteiger partial charge in [0.25, 0.3) is 0 Å². The third-order valence-corrected chi connectivity index (χ3v) is 4.35. The summed E-state index contributed by atoms with van der Waals surface area (Å²) in [5, 5.41) is 12.0. The Balaban J connectivity index is 2.19. The van der Waals surface area contributed by atoms with Crippen LogP contribution in [-0.4, -0.2) is 19.6 Å². The van der Waals surface area contributed by atoms with Gasteiger partial charge in [-0.3, -0.25) is 0 Å². The average Bonchev–Trinajstić information content (AvgIpc) is 3.23. The number of anilines is 1. The lowest BCUT2D eigenvalue weighted by molar-refractivity contribution is 0.649. The van der Waals surface area contributed by atoms with Crippen LogP contribution in [0.3, 0.4) is 0 Å². The predicted octanol–water partition coefficient (Wildman–Crippen LogP) is 3.61. The molecule has 0 aliphatic heterocycles. The lowest BCUT2D eigenvalue weighted by atomic mass is 10.1. The number of rotatable bonds is 6. The molecule has 1 aliphatic carbocycles. The van der Waals surface area contributed by atoms with Gasteiger partial charge >= 0.3 is 0 Å². The van der Waals surface area contributed by atoms with Gasteiger partial charge in [-0.15, -0.1) is 0 Å². The first-order valence-electron chi connectivity index (χ1n) is 6.77. The number of nitrogens with zero attached hydrogens (tertiary/aromatic N) is 2. The Morgan fingerprint density at radius 3 is 2.79 bits per heavy atom. The van der Waals surface area contributed by atoms with Crippen molar-refractivity contribution in [2.75, 3.05) is 18.5 Å². The van der Waals surface area contributed by atoms with Crippen molar-refractivity contribution >= 4 is 21.6 Å². The Hall–Kier alpha value is -1.05. The van der Waals surface area contributed by atoms with E-state index < -0.39 is 0 Å². The van der Waals surface area contributed by atoms with E-state index in [0.717, 1.165) is 11.0 Å². The van der Waals surface area contributed by atoms with Crippen molar-refractivity contribution in [3.63, 3.8) is 0 Å². The predicted molar refractivity (Wildman–Crippen MR) is 82.2 cm³/mol. The highest BCUT2D eigenvalue weighted by atomic mass is 79.9. The van der Waals surface area contributed by atoms with Gasteiger partial charge in [0.2, 0.25) is 0 Å². The monoisotopic (exact) mass is 321 g/mol. The quantitative estimate of drug-likeness (QED) is 0.869. The van der Waals surface area contributed by atoms with Crippen LogP contribution in [0.2, 0.25) is 0 Å². The lowest BCUT2D eigenvalue weighted by Gasteiger charge is -2.25. The molecule has 0 amide bonds. The van der Waals surface area contributed by atoms with Crippen LogP contribution in [0.1, 0.15) is 37.8 Å². The standard InChI is InChI=1S/C15H20BrN3/c1-11(18-2)14-7-6-13(10-15(14)16)19(9-3-8-17)12-4-5-12/h6-7,10-12,18H,3-5,9H2,1-2H3. The molecule has 0 heterocycles. The Morgan fingerprint density at radius 1 is 1.53 bits per heavy atom. The number of benzene rings is 1. The summed E-state index contributed by atoms with van der Waals surface area (Å²) in [5.74, 6) is 0. The number of nitriles is 1. The zero-order valence-electron chi connectivity index (χ0n) is 11.5. The molecule has 1 saturated carbocycles. The van der Waals surface area contributed by atoms with E-state index in [1.54, 1.807) is 0 Å². The van der Waals surface area contributed by atoms with Crippen LogP contribution < -0.4 is 10.2 Å². The molecule has 0 aromatic heterocycles. The van der Waals surface area contributed by atoms with Crippen LogP contribution in [0.15, 0.2) is 22.7 Å². The first kappa shape index (κ1) is 14.4. The van der Waals surface area contributed by atoms with Crippen LogP contribution in [0.25, 0.3) is 0 Å². The van der Waals surface area contributed by atoms with Crippen molar-refractivity contribution in [3.8, 4) is 6.07 Å². The van der Waals surface area contributed by atoms with Gasteiger partial charge in [0.1, 0.15) is 0 Å². The lowest BCUT2D eigenvalue weighted by Crippen LogP contribution is -2.26. The molecular weight excluding hydrogens is 302 g/mol. The van der Waals surface area contributed by atoms with E-state index in [-0.39, 0.29) is 0 Å². The molecule has 1 atom stereocenters. The highest BCUT2D eigenvalue weighted by Gasteiger charge is 2.29. The molecule has 19 heavy (non-hydrogen) atoms. The minimum Gasteiger partial charge on any atom is -0.367 e. The summed E-state index contributed by atoms with van der Waals surface area (Å²) in [6.07, 6.45) is 3.08. The molecule has 1 aromatic carbocycles. The van der Waals surface area contributed by atoms with Crippen LogP contribution in [-0.2, 0) is 0 Å². The second-order valence-electron chi connectivity index (χ2n) is 5.05. The van der Waals surface area contributed by atoms with Crippen molar-refractivity contribution in [1.82, 2.24) is 5.32 Å². The normalized spacial score (nSPS) is 15.9. The van der Waals surface area contributed by atoms with Crippen LogP contribution >= 0.6 is 15.9 Å². The van der Waals surface area contributed by atoms with Gasteiger partial charge in [-0.25, -0.2) is 0 Å². The van der Waals surface area contributed by atoms with Crippen molar-refractivity contribution < 1.29 is 0 Å². The van der Waals surface area contributed by atoms with Gasteiger partial charge in [-0.05, 0) is 44.5 Å². The highest BCUT2D eigenvalue weighted by molar-refractivity contribution is 9.10. The topological polar surface area (TPSA) is 39.1 Å². The van der Waals surface area contributed by atoms with Gasteiger partial charge in [0.15, 0.2) is 0 Å². The molecule has 4 heteroatoms. The van der Waals surface area contributed by atoms with Crippen molar-refractivity contribution in [3.05, 3.63) is 28.2 Å². The van der Waals surface area contributed by atoms with Gasteiger partial charge in [-0.1, -0.05) is 22.0 Å². The van der Waals surface area contributed by atoms with Crippen LogP contribution in [0, 0.1) is 11.3 Å². The van der Waals surface area contributed by atoms with Gasteiger partial charge < -0.3 is 10.2 Å². The summed E-state index contributed by atoms with van der Waals surface area (Å²) < 4.78 is 1.13. The summed E-state index contributed by atoms with van der Waals surface area (Å²) in [4.78, 5) is 2.36. The van der Waals surface area contributed by atoms with Crippen molar-refractivity contribution in [2.45, 2.75) is 38.3 Å². The largest absolute Gasteiger partial charge is 0.367 e. The Kier molecular flexibility index (Phi) is 4.84. The number of hydrogen-bond donors (Lipinski definition) is 1. The molecule has 1 fully saturated rings. The second kappa shape index (κ2) is 6.40. The van der Waals surface area contributed by atoms with E-state index in [1.165, 1.54) is 24.1 Å². The molecule has 3 nitrogen and oxygen atoms in total. The smallest absolute Gasteiger partial charge is 0.0640 e. The molecule has 0 radical (unpaired) electrons. The summed E-state index contributed by atoms with van der Waals surface area (Å²) in [5.41, 5.74) is 2.49. The SMILES string of the molecule is CNC(C)c1ccc(N(CCC#N)C2CC2)cc1Br. The zero-order valence-corrected chi connectivity index (χ0v) is 13.1. The molecule has 1 N–H and O–H groups in total. The molecule has 102 valence electrons. The minimum atomic E-state index is 0.330. The fourth-order valence-corrected chi connectivity index (χ4v) is 2.99. The zero-order chi connectivity index (χ0) is 13.8. The van der Waals surface area contributed by atoms with E-state index >= 15 is 0 Å². The summed E-state index contributed by atoms with van der Waals surface area (Å²) in [6, 6.07) is 9.72. The molecule has 0 spiro atoms. The van der Waals surface area contributed by atoms with E-state index in [4.69, 9.17) is 5.26 Å². The molecule has 1 aromatic rings. The van der Waals surface area contributed by atoms with E-state index in [1.807, 2.05) is 7.05 Å². The fraction of sp³-hybridized carbons (Fsp3) is 0.533. The van der Waals surface area contributed by atoms with Gasteiger partial charge in [-0.2, -0.15) is 5.26 Å². The molecule has 1 unspecified atom stereocenters. The Labute approximate surface area is 123 Å². The van der Waals surface area contributed by atoms with Crippen LogP contribution in [0.4, 0.5) is 5.69 Å². The van der Waals surface area contributed by atoms with E-state index in [9.17, 15) is 0 Å². The van der Waals surface area contributed by atoms with Gasteiger partial charge in [0.05, 0.1) is 12.5 Å². The van der Waals surface area contributed by atoms with E-state index in [2.05, 4.69) is 57.3 Å². The molecule has 1 aliphatic rings. The Morgan fingerprint density at radius 2 is 2.26 bits per heavy atom. The average molecular weight is 322 g/mol. The number of nitrogens with one attached hydrogen (secondary N) is 1. The number of hydrogen-bond acceptors (Lipinski definition) is 3. The number of halogens is 1. The fourth-order valence-electron chi connectivity index (χ4n) is 2.28. The minimum absolute atomic E-state index is 0.330. The van der Waals surface area contributed by atoms with Crippen molar-refractivity contribution in [2.24, 2.45) is 0 Å². The first-order valence-corrected chi connectivity index (χ1v) is 7.57. The highest BCUT2D eigenvalue weighted by Crippen LogP contribution is 2.35. The third kappa shape index (κ3) is 3.49. The maximum Gasteiger partial charge on any atom is 0.0640 e. The first-order chi connectivity index (χ1) is 9.17. The molecule has 2 rings (SSSR count). The summed E-state index contributed by atoms with van der Waals surface area (Å²) in [6.45, 7) is 2.97.